The van der Waals surface area contributed by atoms with Crippen LogP contribution < -0.4 is 0 Å². The Balaban J connectivity index is 3.59. The van der Waals surface area contributed by atoms with Crippen LogP contribution in [0.2, 0.25) is 0 Å². The van der Waals surface area contributed by atoms with Gasteiger partial charge in [-0.2, -0.15) is 0 Å². The Kier molecular flexibility index (Phi) is 33.0. The molecule has 0 aliphatic heterocycles. The van der Waals surface area contributed by atoms with Crippen molar-refractivity contribution in [3.05, 3.63) is 48.6 Å². The maximum Gasteiger partial charge on any atom is 0.305 e. The van der Waals surface area contributed by atoms with Crippen molar-refractivity contribution < 1.29 is 29.3 Å². The van der Waals surface area contributed by atoms with Crippen LogP contribution in [0.25, 0.3) is 0 Å². The summed E-state index contributed by atoms with van der Waals surface area (Å²) >= 11 is 0. The number of hydrogen-bond acceptors (Lipinski definition) is 6. The summed E-state index contributed by atoms with van der Waals surface area (Å²) in [4.78, 5) is 23.8. The summed E-state index contributed by atoms with van der Waals surface area (Å²) in [5.74, 6) is -0.651. The largest absolute Gasteiger partial charge is 0.463 e. The van der Waals surface area contributed by atoms with Crippen molar-refractivity contribution in [2.45, 2.75) is 174 Å². The first-order chi connectivity index (χ1) is 22.0. The zero-order chi connectivity index (χ0) is 33.1. The number of carbonyl (C=O) groups is 2. The summed E-state index contributed by atoms with van der Waals surface area (Å²) in [6.07, 6.45) is 39.3. The smallest absolute Gasteiger partial charge is 0.305 e. The third-order valence-corrected chi connectivity index (χ3v) is 7.64. The summed E-state index contributed by atoms with van der Waals surface area (Å²) in [5, 5.41) is 19.7. The number of rotatable bonds is 32. The van der Waals surface area contributed by atoms with E-state index in [1.807, 2.05) is 12.2 Å². The van der Waals surface area contributed by atoms with Gasteiger partial charge in [0.05, 0.1) is 6.10 Å². The van der Waals surface area contributed by atoms with Gasteiger partial charge in [0, 0.05) is 12.8 Å². The van der Waals surface area contributed by atoms with E-state index in [2.05, 4.69) is 50.3 Å². The topological polar surface area (TPSA) is 93.1 Å². The van der Waals surface area contributed by atoms with Crippen molar-refractivity contribution in [3.63, 3.8) is 0 Å². The lowest BCUT2D eigenvalue weighted by atomic mass is 10.0. The number of aliphatic hydroxyl groups is 2. The molecule has 0 amide bonds. The third-order valence-electron chi connectivity index (χ3n) is 7.64. The Morgan fingerprint density at radius 3 is 1.47 bits per heavy atom. The summed E-state index contributed by atoms with van der Waals surface area (Å²) in [5.41, 5.74) is 0. The molecule has 0 aliphatic carbocycles. The molecule has 0 aliphatic rings. The van der Waals surface area contributed by atoms with Crippen molar-refractivity contribution >= 4 is 11.9 Å². The van der Waals surface area contributed by atoms with Crippen LogP contribution in [0.3, 0.4) is 0 Å². The van der Waals surface area contributed by atoms with E-state index < -0.39 is 6.10 Å². The molecule has 0 spiro atoms. The maximum atomic E-state index is 11.9. The molecule has 2 atom stereocenters. The van der Waals surface area contributed by atoms with Crippen molar-refractivity contribution in [3.8, 4) is 0 Å². The molecule has 0 radical (unpaired) electrons. The van der Waals surface area contributed by atoms with Crippen LogP contribution in [0.1, 0.15) is 162 Å². The second-order valence-corrected chi connectivity index (χ2v) is 12.2. The van der Waals surface area contributed by atoms with Crippen molar-refractivity contribution in [2.75, 3.05) is 13.2 Å². The van der Waals surface area contributed by atoms with Crippen LogP contribution in [0, 0.1) is 0 Å². The molecular formula is C39H68O6. The van der Waals surface area contributed by atoms with Gasteiger partial charge in [-0.25, -0.2) is 0 Å². The number of carbonyl (C=O) groups excluding carboxylic acids is 2. The molecule has 0 aromatic heterocycles. The number of unbranched alkanes of at least 4 members (excludes halogenated alkanes) is 14. The lowest BCUT2D eigenvalue weighted by Gasteiger charge is -2.12. The van der Waals surface area contributed by atoms with Crippen molar-refractivity contribution in [1.82, 2.24) is 0 Å². The summed E-state index contributed by atoms with van der Waals surface area (Å²) in [7, 11) is 0. The minimum atomic E-state index is -0.994. The van der Waals surface area contributed by atoms with Gasteiger partial charge < -0.3 is 19.7 Å². The minimum Gasteiger partial charge on any atom is -0.463 e. The van der Waals surface area contributed by atoms with E-state index in [1.54, 1.807) is 0 Å². The molecule has 0 fully saturated rings. The summed E-state index contributed by atoms with van der Waals surface area (Å²) in [6.45, 7) is 4.08. The van der Waals surface area contributed by atoms with E-state index in [0.717, 1.165) is 64.2 Å². The molecule has 0 bridgehead atoms. The van der Waals surface area contributed by atoms with E-state index in [4.69, 9.17) is 9.47 Å². The van der Waals surface area contributed by atoms with Gasteiger partial charge in [-0.1, -0.05) is 152 Å². The van der Waals surface area contributed by atoms with Gasteiger partial charge >= 0.3 is 11.9 Å². The van der Waals surface area contributed by atoms with Gasteiger partial charge in [0.25, 0.3) is 0 Å². The SMILES string of the molecule is CCCCCCCCCCCCCCCC(=O)OC[C@H](O)COC(=O)CCC/C=C\C/C=C\C/C=C\C/C=C\[C@@H](O)CCCC. The normalized spacial score (nSPS) is 13.4. The van der Waals surface area contributed by atoms with Gasteiger partial charge in [-0.05, 0) is 44.9 Å². The van der Waals surface area contributed by atoms with Gasteiger partial charge in [-0.3, -0.25) is 9.59 Å². The first kappa shape index (κ1) is 42.8. The van der Waals surface area contributed by atoms with Crippen LogP contribution >= 0.6 is 0 Å². The summed E-state index contributed by atoms with van der Waals surface area (Å²) < 4.78 is 10.2. The molecule has 0 aromatic carbocycles. The Labute approximate surface area is 276 Å². The lowest BCUT2D eigenvalue weighted by Crippen LogP contribution is -2.25. The molecule has 0 aromatic rings. The molecule has 0 saturated heterocycles. The predicted octanol–water partition coefficient (Wildman–Crippen LogP) is 10.0. The van der Waals surface area contributed by atoms with E-state index in [0.29, 0.717) is 19.3 Å². The zero-order valence-corrected chi connectivity index (χ0v) is 29.0. The Bertz CT molecular complexity index is 784. The van der Waals surface area contributed by atoms with Gasteiger partial charge in [0.2, 0.25) is 0 Å². The Morgan fingerprint density at radius 1 is 0.533 bits per heavy atom. The molecule has 6 nitrogen and oxygen atoms in total. The fourth-order valence-electron chi connectivity index (χ4n) is 4.80. The highest BCUT2D eigenvalue weighted by Crippen LogP contribution is 2.13. The van der Waals surface area contributed by atoms with Crippen LogP contribution in [0.5, 0.6) is 0 Å². The average molecular weight is 633 g/mol. The highest BCUT2D eigenvalue weighted by Gasteiger charge is 2.12. The third kappa shape index (κ3) is 34.5. The fraction of sp³-hybridized carbons (Fsp3) is 0.744. The number of esters is 2. The number of hydrogen-bond donors (Lipinski definition) is 2. The van der Waals surface area contributed by atoms with Crippen molar-refractivity contribution in [2.24, 2.45) is 0 Å². The molecule has 260 valence electrons. The highest BCUT2D eigenvalue weighted by atomic mass is 16.6. The first-order valence-corrected chi connectivity index (χ1v) is 18.3. The highest BCUT2D eigenvalue weighted by molar-refractivity contribution is 5.69. The van der Waals surface area contributed by atoms with Crippen LogP contribution in [0.4, 0.5) is 0 Å². The second-order valence-electron chi connectivity index (χ2n) is 12.2. The molecule has 45 heavy (non-hydrogen) atoms. The van der Waals surface area contributed by atoms with Crippen LogP contribution in [0.15, 0.2) is 48.6 Å². The van der Waals surface area contributed by atoms with E-state index >= 15 is 0 Å². The second kappa shape index (κ2) is 34.7. The van der Waals surface area contributed by atoms with Gasteiger partial charge in [-0.15, -0.1) is 0 Å². The zero-order valence-electron chi connectivity index (χ0n) is 29.0. The molecule has 6 heteroatoms. The Morgan fingerprint density at radius 2 is 0.956 bits per heavy atom. The molecule has 0 unspecified atom stereocenters. The molecule has 0 saturated carbocycles. The van der Waals surface area contributed by atoms with Crippen molar-refractivity contribution in [1.29, 1.82) is 0 Å². The quantitative estimate of drug-likeness (QED) is 0.0435. The summed E-state index contributed by atoms with van der Waals surface area (Å²) in [6, 6.07) is 0. The standard InChI is InChI=1S/C39H68O6/c1-3-5-7-8-9-10-11-12-16-19-22-25-28-32-38(42)44-34-37(41)35-45-39(43)33-29-26-23-20-17-14-13-15-18-21-24-27-31-36(40)30-6-4-2/h13-14,18,20-21,23,27,31,36-37,40-41H,3-12,15-17,19,22,24-26,28-30,32-35H2,1-2H3/b14-13-,21-18-,23-20-,31-27-/t36-,37-/m0/s1. The first-order valence-electron chi connectivity index (χ1n) is 18.3. The van der Waals surface area contributed by atoms with Gasteiger partial charge in [0.15, 0.2) is 0 Å². The number of ether oxygens (including phenoxy) is 2. The van der Waals surface area contributed by atoms with Gasteiger partial charge in [0.1, 0.15) is 19.3 Å². The Hall–Kier alpha value is -2.18. The maximum absolute atomic E-state index is 11.9. The predicted molar refractivity (Wildman–Crippen MR) is 188 cm³/mol. The van der Waals surface area contributed by atoms with E-state index in [1.165, 1.54) is 64.2 Å². The molecule has 0 heterocycles. The van der Waals surface area contributed by atoms with E-state index in [9.17, 15) is 19.8 Å². The van der Waals surface area contributed by atoms with Crippen LogP contribution in [-0.4, -0.2) is 47.6 Å². The average Bonchev–Trinajstić information content (AvgIpc) is 3.04. The molecular weight excluding hydrogens is 564 g/mol. The number of aliphatic hydroxyl groups excluding tert-OH is 2. The minimum absolute atomic E-state index is 0.142. The van der Waals surface area contributed by atoms with E-state index in [-0.39, 0.29) is 31.3 Å². The monoisotopic (exact) mass is 633 g/mol. The molecule has 2 N–H and O–H groups in total. The van der Waals surface area contributed by atoms with Crippen LogP contribution in [-0.2, 0) is 19.1 Å². The fourth-order valence-corrected chi connectivity index (χ4v) is 4.80. The number of allylic oxidation sites excluding steroid dienone is 7. The molecule has 0 rings (SSSR count). The lowest BCUT2D eigenvalue weighted by molar-refractivity contribution is -0.152.